The zero-order valence-electron chi connectivity index (χ0n) is 7.97. The Labute approximate surface area is 78.9 Å². The van der Waals surface area contributed by atoms with Gasteiger partial charge in [0.15, 0.2) is 0 Å². The average Bonchev–Trinajstić information content (AvgIpc) is 2.07. The largest absolute Gasteiger partial charge is 0.491 e. The molecular formula is C11H15NO. The molecule has 1 aromatic rings. The van der Waals surface area contributed by atoms with Crippen molar-refractivity contribution in [3.63, 3.8) is 0 Å². The number of ether oxygens (including phenoxy) is 1. The third-order valence-corrected chi connectivity index (χ3v) is 2.34. The Morgan fingerprint density at radius 2 is 2.23 bits per heavy atom. The second-order valence-electron chi connectivity index (χ2n) is 3.43. The van der Waals surface area contributed by atoms with Gasteiger partial charge in [-0.3, -0.25) is 0 Å². The number of hydrogen-bond acceptors (Lipinski definition) is 2. The Morgan fingerprint density at radius 1 is 1.31 bits per heavy atom. The number of aryl methyl sites for hydroxylation is 1. The summed E-state index contributed by atoms with van der Waals surface area (Å²) in [4.78, 5) is 0. The van der Waals surface area contributed by atoms with E-state index in [9.17, 15) is 0 Å². The van der Waals surface area contributed by atoms with Gasteiger partial charge in [-0.25, -0.2) is 0 Å². The normalized spacial score (nSPS) is 16.1. The predicted molar refractivity (Wildman–Crippen MR) is 54.4 cm³/mol. The summed E-state index contributed by atoms with van der Waals surface area (Å²) in [6.45, 7) is 3.99. The Balaban J connectivity index is 2.33. The molecule has 1 aliphatic heterocycles. The van der Waals surface area contributed by atoms with Crippen LogP contribution < -0.4 is 10.1 Å². The summed E-state index contributed by atoms with van der Waals surface area (Å²) in [6.07, 6.45) is 2.33. The SMILES string of the molecule is Cc1cccc2c1OCCCCN2. The molecule has 1 aliphatic rings. The fourth-order valence-electron chi connectivity index (χ4n) is 1.61. The fraction of sp³-hybridized carbons (Fsp3) is 0.455. The molecular weight excluding hydrogens is 162 g/mol. The molecule has 0 bridgehead atoms. The molecule has 0 spiro atoms. The second-order valence-corrected chi connectivity index (χ2v) is 3.43. The topological polar surface area (TPSA) is 21.3 Å². The lowest BCUT2D eigenvalue weighted by Gasteiger charge is -2.18. The summed E-state index contributed by atoms with van der Waals surface area (Å²) in [5, 5.41) is 3.38. The number of fused-ring (bicyclic) bond motifs is 1. The summed E-state index contributed by atoms with van der Waals surface area (Å²) in [7, 11) is 0. The molecule has 2 nitrogen and oxygen atoms in total. The maximum atomic E-state index is 5.70. The van der Waals surface area contributed by atoms with Crippen molar-refractivity contribution in [2.45, 2.75) is 19.8 Å². The molecule has 0 atom stereocenters. The molecule has 1 aromatic carbocycles. The summed E-state index contributed by atoms with van der Waals surface area (Å²) < 4.78 is 5.70. The van der Waals surface area contributed by atoms with Crippen molar-refractivity contribution in [2.24, 2.45) is 0 Å². The first kappa shape index (κ1) is 8.42. The van der Waals surface area contributed by atoms with E-state index in [1.807, 2.05) is 0 Å². The lowest BCUT2D eigenvalue weighted by Crippen LogP contribution is -2.11. The van der Waals surface area contributed by atoms with Crippen molar-refractivity contribution in [2.75, 3.05) is 18.5 Å². The van der Waals surface area contributed by atoms with E-state index in [0.717, 1.165) is 31.0 Å². The number of hydrogen-bond donors (Lipinski definition) is 1. The molecule has 0 aromatic heterocycles. The number of nitrogens with one attached hydrogen (secondary N) is 1. The second kappa shape index (κ2) is 3.69. The number of rotatable bonds is 0. The van der Waals surface area contributed by atoms with Crippen LogP contribution in [0.5, 0.6) is 5.75 Å². The Morgan fingerprint density at radius 3 is 3.15 bits per heavy atom. The molecule has 0 saturated heterocycles. The molecule has 1 heterocycles. The van der Waals surface area contributed by atoms with Crippen molar-refractivity contribution >= 4 is 5.69 Å². The van der Waals surface area contributed by atoms with Crippen LogP contribution in [0.2, 0.25) is 0 Å². The minimum atomic E-state index is 0.847. The molecule has 2 heteroatoms. The third-order valence-electron chi connectivity index (χ3n) is 2.34. The van der Waals surface area contributed by atoms with Gasteiger partial charge in [-0.15, -0.1) is 0 Å². The van der Waals surface area contributed by atoms with Crippen LogP contribution in [0, 0.1) is 6.92 Å². The predicted octanol–water partition coefficient (Wildman–Crippen LogP) is 2.58. The quantitative estimate of drug-likeness (QED) is 0.657. The first-order valence-corrected chi connectivity index (χ1v) is 4.84. The Bertz CT molecular complexity index is 296. The van der Waals surface area contributed by atoms with Gasteiger partial charge in [0.1, 0.15) is 5.75 Å². The minimum Gasteiger partial charge on any atom is -0.491 e. The molecule has 0 amide bonds. The van der Waals surface area contributed by atoms with Gasteiger partial charge >= 0.3 is 0 Å². The highest BCUT2D eigenvalue weighted by atomic mass is 16.5. The van der Waals surface area contributed by atoms with Crippen LogP contribution in [-0.4, -0.2) is 13.2 Å². The van der Waals surface area contributed by atoms with Crippen molar-refractivity contribution in [3.05, 3.63) is 23.8 Å². The maximum absolute atomic E-state index is 5.70. The number of anilines is 1. The monoisotopic (exact) mass is 177 g/mol. The van der Waals surface area contributed by atoms with Crippen LogP contribution in [0.25, 0.3) is 0 Å². The number of benzene rings is 1. The molecule has 0 fully saturated rings. The lowest BCUT2D eigenvalue weighted by atomic mass is 10.1. The molecule has 0 unspecified atom stereocenters. The third kappa shape index (κ3) is 1.77. The standard InChI is InChI=1S/C11H15NO/c1-9-5-4-6-10-11(9)13-8-3-2-7-12-10/h4-6,12H,2-3,7-8H2,1H3. The molecule has 0 aliphatic carbocycles. The molecule has 0 saturated carbocycles. The van der Waals surface area contributed by atoms with Crippen molar-refractivity contribution in [1.29, 1.82) is 0 Å². The van der Waals surface area contributed by atoms with Crippen molar-refractivity contribution < 1.29 is 4.74 Å². The van der Waals surface area contributed by atoms with Gasteiger partial charge in [-0.2, -0.15) is 0 Å². The molecule has 1 N–H and O–H groups in total. The molecule has 2 rings (SSSR count). The fourth-order valence-corrected chi connectivity index (χ4v) is 1.61. The van der Waals surface area contributed by atoms with Gasteiger partial charge in [0.05, 0.1) is 12.3 Å². The van der Waals surface area contributed by atoms with E-state index in [-0.39, 0.29) is 0 Å². The van der Waals surface area contributed by atoms with Crippen LogP contribution in [0.1, 0.15) is 18.4 Å². The first-order valence-electron chi connectivity index (χ1n) is 4.84. The zero-order chi connectivity index (χ0) is 9.10. The minimum absolute atomic E-state index is 0.847. The maximum Gasteiger partial charge on any atom is 0.145 e. The highest BCUT2D eigenvalue weighted by Gasteiger charge is 2.08. The van der Waals surface area contributed by atoms with Gasteiger partial charge < -0.3 is 10.1 Å². The molecule has 0 radical (unpaired) electrons. The summed E-state index contributed by atoms with van der Waals surface area (Å²) in [5.41, 5.74) is 2.35. The van der Waals surface area contributed by atoms with Crippen LogP contribution >= 0.6 is 0 Å². The van der Waals surface area contributed by atoms with E-state index in [4.69, 9.17) is 4.74 Å². The van der Waals surface area contributed by atoms with Crippen molar-refractivity contribution in [3.8, 4) is 5.75 Å². The van der Waals surface area contributed by atoms with Gasteiger partial charge in [0.2, 0.25) is 0 Å². The van der Waals surface area contributed by atoms with Crippen molar-refractivity contribution in [1.82, 2.24) is 0 Å². The first-order chi connectivity index (χ1) is 6.38. The van der Waals surface area contributed by atoms with E-state index in [1.165, 1.54) is 12.0 Å². The highest BCUT2D eigenvalue weighted by Crippen LogP contribution is 2.29. The Kier molecular flexibility index (Phi) is 2.39. The average molecular weight is 177 g/mol. The van der Waals surface area contributed by atoms with E-state index < -0.39 is 0 Å². The summed E-state index contributed by atoms with van der Waals surface area (Å²) >= 11 is 0. The van der Waals surface area contributed by atoms with Gasteiger partial charge in [-0.1, -0.05) is 12.1 Å². The summed E-state index contributed by atoms with van der Waals surface area (Å²) in [6, 6.07) is 6.22. The van der Waals surface area contributed by atoms with Gasteiger partial charge in [0, 0.05) is 6.54 Å². The van der Waals surface area contributed by atoms with E-state index >= 15 is 0 Å². The highest BCUT2D eigenvalue weighted by molar-refractivity contribution is 5.60. The van der Waals surface area contributed by atoms with Gasteiger partial charge in [-0.05, 0) is 31.4 Å². The lowest BCUT2D eigenvalue weighted by molar-refractivity contribution is 0.304. The van der Waals surface area contributed by atoms with E-state index in [2.05, 4.69) is 30.4 Å². The summed E-state index contributed by atoms with van der Waals surface area (Å²) in [5.74, 6) is 1.03. The molecule has 70 valence electrons. The van der Waals surface area contributed by atoms with Gasteiger partial charge in [0.25, 0.3) is 0 Å². The Hall–Kier alpha value is -1.18. The smallest absolute Gasteiger partial charge is 0.145 e. The molecule has 13 heavy (non-hydrogen) atoms. The van der Waals surface area contributed by atoms with E-state index in [0.29, 0.717) is 0 Å². The van der Waals surface area contributed by atoms with Crippen LogP contribution in [0.15, 0.2) is 18.2 Å². The van der Waals surface area contributed by atoms with Crippen LogP contribution in [0.3, 0.4) is 0 Å². The van der Waals surface area contributed by atoms with Crippen LogP contribution in [0.4, 0.5) is 5.69 Å². The van der Waals surface area contributed by atoms with E-state index in [1.54, 1.807) is 0 Å². The number of para-hydroxylation sites is 1. The zero-order valence-corrected chi connectivity index (χ0v) is 7.97. The van der Waals surface area contributed by atoms with Crippen LogP contribution in [-0.2, 0) is 0 Å².